The summed E-state index contributed by atoms with van der Waals surface area (Å²) in [6, 6.07) is 1.84. The number of hydrogen-bond acceptors (Lipinski definition) is 4. The highest BCUT2D eigenvalue weighted by Crippen LogP contribution is 2.20. The standard InChI is InChI=1S/C12H14N2O3S/c1-7-6-9-11(18-7)13-8(2)14(12(9)17)5-3-4-10(15)16/h6H,3-5H2,1-2H3,(H,15,16). The van der Waals surface area contributed by atoms with E-state index in [0.29, 0.717) is 24.2 Å². The SMILES string of the molecule is Cc1cc2c(=O)n(CCCC(=O)O)c(C)nc2s1. The van der Waals surface area contributed by atoms with Gasteiger partial charge < -0.3 is 5.11 Å². The highest BCUT2D eigenvalue weighted by molar-refractivity contribution is 7.18. The van der Waals surface area contributed by atoms with E-state index in [2.05, 4.69) is 4.98 Å². The molecule has 0 aliphatic carbocycles. The largest absolute Gasteiger partial charge is 0.481 e. The molecule has 0 amide bonds. The fourth-order valence-corrected chi connectivity index (χ4v) is 2.81. The number of carboxylic acids is 1. The molecule has 96 valence electrons. The molecule has 1 N–H and O–H groups in total. The average Bonchev–Trinajstić information content (AvgIpc) is 2.63. The number of hydrogen-bond donors (Lipinski definition) is 1. The van der Waals surface area contributed by atoms with E-state index in [-0.39, 0.29) is 12.0 Å². The first-order valence-electron chi connectivity index (χ1n) is 5.68. The molecule has 0 spiro atoms. The van der Waals surface area contributed by atoms with Crippen LogP contribution in [0.1, 0.15) is 23.5 Å². The predicted octanol–water partition coefficient (Wildman–Crippen LogP) is 1.94. The number of aryl methyl sites for hydroxylation is 2. The lowest BCUT2D eigenvalue weighted by atomic mass is 10.3. The molecule has 5 nitrogen and oxygen atoms in total. The highest BCUT2D eigenvalue weighted by Gasteiger charge is 2.10. The molecule has 0 bridgehead atoms. The van der Waals surface area contributed by atoms with Gasteiger partial charge in [0.25, 0.3) is 5.56 Å². The lowest BCUT2D eigenvalue weighted by Gasteiger charge is -2.08. The molecule has 0 aromatic carbocycles. The molecule has 0 saturated carbocycles. The molecule has 0 aliphatic rings. The van der Waals surface area contributed by atoms with E-state index in [9.17, 15) is 9.59 Å². The lowest BCUT2D eigenvalue weighted by molar-refractivity contribution is -0.137. The Hall–Kier alpha value is -1.69. The normalized spacial score (nSPS) is 11.0. The van der Waals surface area contributed by atoms with E-state index in [1.807, 2.05) is 13.0 Å². The number of aromatic nitrogens is 2. The number of fused-ring (bicyclic) bond motifs is 1. The summed E-state index contributed by atoms with van der Waals surface area (Å²) in [4.78, 5) is 28.9. The predicted molar refractivity (Wildman–Crippen MR) is 70.2 cm³/mol. The molecular weight excluding hydrogens is 252 g/mol. The number of carbonyl (C=O) groups is 1. The quantitative estimate of drug-likeness (QED) is 0.918. The molecule has 2 heterocycles. The van der Waals surface area contributed by atoms with Crippen molar-refractivity contribution < 1.29 is 9.90 Å². The maximum Gasteiger partial charge on any atom is 0.303 e. The zero-order valence-corrected chi connectivity index (χ0v) is 11.1. The van der Waals surface area contributed by atoms with Gasteiger partial charge >= 0.3 is 5.97 Å². The number of rotatable bonds is 4. The molecule has 2 rings (SSSR count). The van der Waals surface area contributed by atoms with Crippen molar-refractivity contribution in [1.29, 1.82) is 0 Å². The summed E-state index contributed by atoms with van der Waals surface area (Å²) in [5.74, 6) is -0.208. The maximum absolute atomic E-state index is 12.2. The fourth-order valence-electron chi connectivity index (χ4n) is 1.89. The van der Waals surface area contributed by atoms with Crippen molar-refractivity contribution >= 4 is 27.5 Å². The summed E-state index contributed by atoms with van der Waals surface area (Å²) in [5, 5.41) is 9.23. The van der Waals surface area contributed by atoms with Crippen LogP contribution in [0.25, 0.3) is 10.2 Å². The van der Waals surface area contributed by atoms with Crippen molar-refractivity contribution in [3.63, 3.8) is 0 Å². The Bertz CT molecular complexity index is 657. The van der Waals surface area contributed by atoms with Crippen molar-refractivity contribution in [2.75, 3.05) is 0 Å². The van der Waals surface area contributed by atoms with Gasteiger partial charge in [0.1, 0.15) is 10.7 Å². The summed E-state index contributed by atoms with van der Waals surface area (Å²) in [7, 11) is 0. The van der Waals surface area contributed by atoms with Gasteiger partial charge in [0, 0.05) is 17.8 Å². The molecule has 0 fully saturated rings. The van der Waals surface area contributed by atoms with Crippen LogP contribution in [0, 0.1) is 13.8 Å². The van der Waals surface area contributed by atoms with Crippen LogP contribution >= 0.6 is 11.3 Å². The van der Waals surface area contributed by atoms with E-state index in [4.69, 9.17) is 5.11 Å². The first kappa shape index (κ1) is 12.8. The van der Waals surface area contributed by atoms with Gasteiger partial charge in [-0.25, -0.2) is 4.98 Å². The van der Waals surface area contributed by atoms with Gasteiger partial charge in [0.05, 0.1) is 5.39 Å². The van der Waals surface area contributed by atoms with Gasteiger partial charge in [0.2, 0.25) is 0 Å². The number of aliphatic carboxylic acids is 1. The fraction of sp³-hybridized carbons (Fsp3) is 0.417. The van der Waals surface area contributed by atoms with Gasteiger partial charge in [-0.15, -0.1) is 11.3 Å². The first-order chi connectivity index (χ1) is 8.49. The van der Waals surface area contributed by atoms with Gasteiger partial charge in [-0.2, -0.15) is 0 Å². The maximum atomic E-state index is 12.2. The summed E-state index contributed by atoms with van der Waals surface area (Å²) in [6.45, 7) is 4.11. The van der Waals surface area contributed by atoms with Crippen molar-refractivity contribution in [3.05, 3.63) is 27.1 Å². The number of nitrogens with zero attached hydrogens (tertiary/aromatic N) is 2. The monoisotopic (exact) mass is 266 g/mol. The summed E-state index contributed by atoms with van der Waals surface area (Å²) >= 11 is 1.50. The van der Waals surface area contributed by atoms with Crippen molar-refractivity contribution in [2.45, 2.75) is 33.2 Å². The van der Waals surface area contributed by atoms with Gasteiger partial charge in [-0.05, 0) is 26.3 Å². The van der Waals surface area contributed by atoms with Crippen LogP contribution in [0.2, 0.25) is 0 Å². The smallest absolute Gasteiger partial charge is 0.303 e. The van der Waals surface area contributed by atoms with Gasteiger partial charge in [-0.3, -0.25) is 14.2 Å². The zero-order valence-electron chi connectivity index (χ0n) is 10.3. The second kappa shape index (κ2) is 4.89. The third-order valence-corrected chi connectivity index (χ3v) is 3.68. The van der Waals surface area contributed by atoms with Crippen LogP contribution in [0.4, 0.5) is 0 Å². The Kier molecular flexibility index (Phi) is 3.47. The molecule has 0 atom stereocenters. The second-order valence-electron chi connectivity index (χ2n) is 4.19. The van der Waals surface area contributed by atoms with Crippen LogP contribution in [0.3, 0.4) is 0 Å². The minimum absolute atomic E-state index is 0.0621. The Morgan fingerprint density at radius 2 is 2.22 bits per heavy atom. The summed E-state index contributed by atoms with van der Waals surface area (Å²) in [5.41, 5.74) is -0.0766. The van der Waals surface area contributed by atoms with Crippen molar-refractivity contribution in [1.82, 2.24) is 9.55 Å². The highest BCUT2D eigenvalue weighted by atomic mass is 32.1. The van der Waals surface area contributed by atoms with Crippen LogP contribution in [-0.2, 0) is 11.3 Å². The minimum atomic E-state index is -0.846. The topological polar surface area (TPSA) is 72.2 Å². The number of carboxylic acid groups (broad SMARTS) is 1. The van der Waals surface area contributed by atoms with E-state index in [0.717, 1.165) is 9.71 Å². The van der Waals surface area contributed by atoms with E-state index in [1.54, 1.807) is 11.5 Å². The van der Waals surface area contributed by atoms with E-state index in [1.165, 1.54) is 11.3 Å². The average molecular weight is 266 g/mol. The van der Waals surface area contributed by atoms with E-state index < -0.39 is 5.97 Å². The first-order valence-corrected chi connectivity index (χ1v) is 6.50. The molecule has 0 unspecified atom stereocenters. The van der Waals surface area contributed by atoms with Crippen molar-refractivity contribution in [3.8, 4) is 0 Å². The summed E-state index contributed by atoms with van der Waals surface area (Å²) in [6.07, 6.45) is 0.499. The van der Waals surface area contributed by atoms with Crippen molar-refractivity contribution in [2.24, 2.45) is 0 Å². The van der Waals surface area contributed by atoms with Crippen LogP contribution < -0.4 is 5.56 Å². The van der Waals surface area contributed by atoms with Gasteiger partial charge in [0.15, 0.2) is 0 Å². The van der Waals surface area contributed by atoms with Gasteiger partial charge in [-0.1, -0.05) is 0 Å². The zero-order chi connectivity index (χ0) is 13.3. The molecule has 2 aromatic heterocycles. The molecule has 6 heteroatoms. The Labute approximate surface area is 108 Å². The number of thiophene rings is 1. The second-order valence-corrected chi connectivity index (χ2v) is 5.42. The molecule has 18 heavy (non-hydrogen) atoms. The van der Waals surface area contributed by atoms with Crippen LogP contribution in [0.15, 0.2) is 10.9 Å². The third kappa shape index (κ3) is 2.43. The van der Waals surface area contributed by atoms with Crippen LogP contribution in [0.5, 0.6) is 0 Å². The molecule has 0 saturated heterocycles. The minimum Gasteiger partial charge on any atom is -0.481 e. The molecule has 0 aliphatic heterocycles. The Balaban J connectivity index is 2.38. The molecule has 2 aromatic rings. The Morgan fingerprint density at radius 1 is 1.50 bits per heavy atom. The van der Waals surface area contributed by atoms with E-state index >= 15 is 0 Å². The Morgan fingerprint density at radius 3 is 2.89 bits per heavy atom. The molecule has 0 radical (unpaired) electrons. The lowest BCUT2D eigenvalue weighted by Crippen LogP contribution is -2.23. The third-order valence-electron chi connectivity index (χ3n) is 2.74. The molecular formula is C12H14N2O3S. The van der Waals surface area contributed by atoms with Crippen LogP contribution in [-0.4, -0.2) is 20.6 Å². The summed E-state index contributed by atoms with van der Waals surface area (Å²) < 4.78 is 1.55.